The van der Waals surface area contributed by atoms with Crippen LogP contribution in [0.1, 0.15) is 36.2 Å². The quantitative estimate of drug-likeness (QED) is 0.623. The molecule has 0 aliphatic rings. The zero-order valence-electron chi connectivity index (χ0n) is 13.8. The molecule has 0 bridgehead atoms. The Morgan fingerprint density at radius 3 is 3.00 bits per heavy atom. The molecule has 122 valence electrons. The van der Waals surface area contributed by atoms with Crippen molar-refractivity contribution in [2.24, 2.45) is 4.99 Å². The summed E-state index contributed by atoms with van der Waals surface area (Å²) in [6, 6.07) is 9.42. The number of hydrogen-bond acceptors (Lipinski definition) is 5. The van der Waals surface area contributed by atoms with Gasteiger partial charge in [-0.3, -0.25) is 9.89 Å². The van der Waals surface area contributed by atoms with Gasteiger partial charge in [0.25, 0.3) is 0 Å². The van der Waals surface area contributed by atoms with Gasteiger partial charge in [-0.25, -0.2) is 4.99 Å². The Morgan fingerprint density at radius 1 is 1.54 bits per heavy atom. The van der Waals surface area contributed by atoms with E-state index >= 15 is 0 Å². The molecule has 0 spiro atoms. The van der Waals surface area contributed by atoms with E-state index in [4.69, 9.17) is 5.26 Å². The molecular weight excluding hydrogens is 302 g/mol. The van der Waals surface area contributed by atoms with Crippen molar-refractivity contribution >= 4 is 23.5 Å². The van der Waals surface area contributed by atoms with Crippen molar-refractivity contribution in [3.05, 3.63) is 53.9 Å². The SMILES string of the molecule is C=C(C)N(CC)c1cccc(C(=O)CC=Nc2[nH]ncc2C#N)c1. The molecule has 1 aromatic heterocycles. The van der Waals surface area contributed by atoms with E-state index in [2.05, 4.69) is 21.8 Å². The zero-order valence-corrected chi connectivity index (χ0v) is 13.8. The smallest absolute Gasteiger partial charge is 0.168 e. The number of aromatic nitrogens is 2. The highest BCUT2D eigenvalue weighted by Crippen LogP contribution is 2.20. The average Bonchev–Trinajstić information content (AvgIpc) is 3.03. The first-order valence-electron chi connectivity index (χ1n) is 7.59. The molecule has 24 heavy (non-hydrogen) atoms. The average molecular weight is 321 g/mol. The van der Waals surface area contributed by atoms with Gasteiger partial charge < -0.3 is 4.90 Å². The molecule has 2 rings (SSSR count). The van der Waals surface area contributed by atoms with Crippen molar-refractivity contribution in [1.29, 1.82) is 5.26 Å². The summed E-state index contributed by atoms with van der Waals surface area (Å²) in [5.74, 6) is 0.315. The fourth-order valence-electron chi connectivity index (χ4n) is 2.32. The summed E-state index contributed by atoms with van der Waals surface area (Å²) >= 11 is 0. The largest absolute Gasteiger partial charge is 0.346 e. The van der Waals surface area contributed by atoms with Gasteiger partial charge in [0.2, 0.25) is 0 Å². The van der Waals surface area contributed by atoms with Crippen molar-refractivity contribution in [3.63, 3.8) is 0 Å². The fourth-order valence-corrected chi connectivity index (χ4v) is 2.32. The van der Waals surface area contributed by atoms with Crippen molar-refractivity contribution < 1.29 is 4.79 Å². The van der Waals surface area contributed by atoms with Gasteiger partial charge in [-0.15, -0.1) is 0 Å². The number of aromatic amines is 1. The first-order valence-corrected chi connectivity index (χ1v) is 7.59. The van der Waals surface area contributed by atoms with Gasteiger partial charge in [-0.05, 0) is 26.0 Å². The number of Topliss-reactive ketones (excluding diaryl/α,β-unsaturated/α-hetero) is 1. The molecule has 6 heteroatoms. The molecule has 1 N–H and O–H groups in total. The Balaban J connectivity index is 2.10. The molecule has 6 nitrogen and oxygen atoms in total. The number of aliphatic imine (C=N–C) groups is 1. The minimum absolute atomic E-state index is 0.0450. The molecule has 0 atom stereocenters. The predicted octanol–water partition coefficient (Wildman–Crippen LogP) is 3.62. The van der Waals surface area contributed by atoms with E-state index < -0.39 is 0 Å². The van der Waals surface area contributed by atoms with Gasteiger partial charge in [-0.1, -0.05) is 18.7 Å². The van der Waals surface area contributed by atoms with Gasteiger partial charge in [0.1, 0.15) is 11.6 Å². The molecule has 0 saturated heterocycles. The second-order valence-electron chi connectivity index (χ2n) is 5.21. The van der Waals surface area contributed by atoms with Crippen LogP contribution in [0, 0.1) is 11.3 Å². The number of nitriles is 1. The van der Waals surface area contributed by atoms with Crippen LogP contribution in [-0.4, -0.2) is 28.7 Å². The normalized spacial score (nSPS) is 10.5. The lowest BCUT2D eigenvalue weighted by atomic mass is 10.1. The maximum atomic E-state index is 12.3. The third kappa shape index (κ3) is 3.96. The van der Waals surface area contributed by atoms with Crippen LogP contribution in [-0.2, 0) is 0 Å². The minimum Gasteiger partial charge on any atom is -0.346 e. The number of ketones is 1. The Labute approximate surface area is 141 Å². The van der Waals surface area contributed by atoms with Gasteiger partial charge in [0, 0.05) is 36.1 Å². The van der Waals surface area contributed by atoms with Gasteiger partial charge in [0.15, 0.2) is 11.6 Å². The molecule has 0 aliphatic heterocycles. The van der Waals surface area contributed by atoms with E-state index in [0.717, 1.165) is 17.9 Å². The maximum Gasteiger partial charge on any atom is 0.168 e. The standard InChI is InChI=1S/C18H19N5O/c1-4-23(13(2)3)16-7-5-6-14(10-16)17(24)8-9-20-18-15(11-19)12-21-22-18/h5-7,9-10,12H,2,4,8H2,1,3H3,(H,21,22). The predicted molar refractivity (Wildman–Crippen MR) is 94.7 cm³/mol. The summed E-state index contributed by atoms with van der Waals surface area (Å²) in [6.07, 6.45) is 3.03. The van der Waals surface area contributed by atoms with Crippen LogP contribution in [0.4, 0.5) is 11.5 Å². The summed E-state index contributed by atoms with van der Waals surface area (Å²) in [6.45, 7) is 8.71. The third-order valence-electron chi connectivity index (χ3n) is 3.49. The number of H-pyrrole nitrogens is 1. The monoisotopic (exact) mass is 321 g/mol. The number of benzene rings is 1. The molecule has 0 radical (unpaired) electrons. The number of allylic oxidation sites excluding steroid dienone is 1. The van der Waals surface area contributed by atoms with Gasteiger partial charge >= 0.3 is 0 Å². The third-order valence-corrected chi connectivity index (χ3v) is 3.49. The summed E-state index contributed by atoms with van der Waals surface area (Å²) in [4.78, 5) is 18.5. The number of carbonyl (C=O) groups is 1. The molecule has 0 fully saturated rings. The van der Waals surface area contributed by atoms with Crippen LogP contribution in [0.5, 0.6) is 0 Å². The van der Waals surface area contributed by atoms with Crippen molar-refractivity contribution in [1.82, 2.24) is 10.2 Å². The lowest BCUT2D eigenvalue weighted by Gasteiger charge is -2.23. The fraction of sp³-hybridized carbons (Fsp3) is 0.222. The molecular formula is C18H19N5O. The highest BCUT2D eigenvalue weighted by atomic mass is 16.1. The molecule has 0 amide bonds. The van der Waals surface area contributed by atoms with Crippen LogP contribution >= 0.6 is 0 Å². The summed E-state index contributed by atoms with van der Waals surface area (Å²) < 4.78 is 0. The number of anilines is 1. The summed E-state index contributed by atoms with van der Waals surface area (Å²) in [7, 11) is 0. The highest BCUT2D eigenvalue weighted by Gasteiger charge is 2.09. The van der Waals surface area contributed by atoms with E-state index in [9.17, 15) is 4.79 Å². The first-order chi connectivity index (χ1) is 11.6. The molecule has 0 saturated carbocycles. The Kier molecular flexibility index (Phi) is 5.63. The maximum absolute atomic E-state index is 12.3. The number of hydrogen-bond donors (Lipinski definition) is 1. The number of carbonyl (C=O) groups excluding carboxylic acids is 1. The van der Waals surface area contributed by atoms with Gasteiger partial charge in [-0.2, -0.15) is 10.4 Å². The first kappa shape index (κ1) is 17.2. The lowest BCUT2D eigenvalue weighted by Crippen LogP contribution is -2.19. The van der Waals surface area contributed by atoms with Crippen molar-refractivity contribution in [2.75, 3.05) is 11.4 Å². The van der Waals surface area contributed by atoms with Crippen LogP contribution in [0.2, 0.25) is 0 Å². The number of nitrogens with zero attached hydrogens (tertiary/aromatic N) is 4. The highest BCUT2D eigenvalue weighted by molar-refractivity contribution is 6.04. The molecule has 0 aliphatic carbocycles. The molecule has 1 heterocycles. The van der Waals surface area contributed by atoms with E-state index in [-0.39, 0.29) is 12.2 Å². The second-order valence-corrected chi connectivity index (χ2v) is 5.21. The van der Waals surface area contributed by atoms with Crippen LogP contribution in [0.25, 0.3) is 0 Å². The molecule has 1 aromatic carbocycles. The van der Waals surface area contributed by atoms with Crippen molar-refractivity contribution in [3.8, 4) is 6.07 Å². The molecule has 2 aromatic rings. The number of rotatable bonds is 7. The van der Waals surface area contributed by atoms with Crippen LogP contribution in [0.3, 0.4) is 0 Å². The second kappa shape index (κ2) is 7.88. The topological polar surface area (TPSA) is 85.1 Å². The minimum atomic E-state index is -0.0450. The summed E-state index contributed by atoms with van der Waals surface area (Å²) in [5.41, 5.74) is 2.82. The van der Waals surface area contributed by atoms with E-state index in [0.29, 0.717) is 16.9 Å². The lowest BCUT2D eigenvalue weighted by molar-refractivity contribution is 0.100. The Bertz CT molecular complexity index is 813. The van der Waals surface area contributed by atoms with E-state index in [1.54, 1.807) is 6.07 Å². The van der Waals surface area contributed by atoms with Crippen LogP contribution < -0.4 is 4.90 Å². The Hall–Kier alpha value is -3.20. The van der Waals surface area contributed by atoms with Crippen molar-refractivity contribution in [2.45, 2.75) is 20.3 Å². The Morgan fingerprint density at radius 2 is 2.33 bits per heavy atom. The summed E-state index contributed by atoms with van der Waals surface area (Å²) in [5, 5.41) is 15.2. The van der Waals surface area contributed by atoms with Crippen LogP contribution in [0.15, 0.2) is 47.7 Å². The van der Waals surface area contributed by atoms with E-state index in [1.165, 1.54) is 12.4 Å². The number of nitrogens with one attached hydrogen (secondary N) is 1. The van der Waals surface area contributed by atoms with Gasteiger partial charge in [0.05, 0.1) is 6.20 Å². The van der Waals surface area contributed by atoms with E-state index in [1.807, 2.05) is 43.0 Å². The molecule has 0 unspecified atom stereocenters. The zero-order chi connectivity index (χ0) is 17.5.